The Morgan fingerprint density at radius 3 is 2.69 bits per heavy atom. The molecule has 0 aliphatic carbocycles. The molecule has 2 N–H and O–H groups in total. The van der Waals surface area contributed by atoms with Gasteiger partial charge in [-0.05, 0) is 18.6 Å². The number of hydrogen-bond donors (Lipinski definition) is 2. The summed E-state index contributed by atoms with van der Waals surface area (Å²) in [6.07, 6.45) is 2.99. The topological polar surface area (TPSA) is 66.4 Å². The van der Waals surface area contributed by atoms with E-state index in [2.05, 4.69) is 4.72 Å². The second-order valence-corrected chi connectivity index (χ2v) is 5.20. The first-order valence-electron chi connectivity index (χ1n) is 3.90. The third-order valence-corrected chi connectivity index (χ3v) is 3.57. The van der Waals surface area contributed by atoms with Crippen LogP contribution < -0.4 is 4.72 Å². The summed E-state index contributed by atoms with van der Waals surface area (Å²) in [5, 5.41) is 0. The van der Waals surface area contributed by atoms with Crippen molar-refractivity contribution in [3.8, 4) is 0 Å². The van der Waals surface area contributed by atoms with Gasteiger partial charge in [-0.25, -0.2) is 0 Å². The third kappa shape index (κ3) is 7.18. The zero-order chi connectivity index (χ0) is 9.03. The molecule has 1 aliphatic rings. The van der Waals surface area contributed by atoms with Gasteiger partial charge in [0.25, 0.3) is 0 Å². The summed E-state index contributed by atoms with van der Waals surface area (Å²) in [7, 11) is -4.00. The zero-order valence-electron chi connectivity index (χ0n) is 6.69. The first kappa shape index (κ1) is 14.2. The predicted molar refractivity (Wildman–Crippen MR) is 56.8 cm³/mol. The van der Waals surface area contributed by atoms with Crippen molar-refractivity contribution in [3.63, 3.8) is 0 Å². The average Bonchev–Trinajstić information content (AvgIpc) is 2.12. The number of nitrogens with one attached hydrogen (secondary N) is 1. The summed E-state index contributed by atoms with van der Waals surface area (Å²) in [5.74, 6) is 1.85. The van der Waals surface area contributed by atoms with Crippen LogP contribution in [0.4, 0.5) is 0 Å². The molecule has 4 nitrogen and oxygen atoms in total. The Kier molecular flexibility index (Phi) is 7.28. The van der Waals surface area contributed by atoms with Gasteiger partial charge in [0.05, 0.1) is 0 Å². The van der Waals surface area contributed by atoms with Crippen molar-refractivity contribution >= 4 is 51.6 Å². The Morgan fingerprint density at radius 2 is 2.08 bits per heavy atom. The van der Waals surface area contributed by atoms with Crippen molar-refractivity contribution in [1.82, 2.24) is 4.72 Å². The van der Waals surface area contributed by atoms with Crippen molar-refractivity contribution in [1.29, 1.82) is 0 Å². The number of hydrogen-bond acceptors (Lipinski definition) is 3. The van der Waals surface area contributed by atoms with E-state index in [9.17, 15) is 8.42 Å². The minimum absolute atomic E-state index is 0. The van der Waals surface area contributed by atoms with Crippen LogP contribution in [0.15, 0.2) is 0 Å². The normalized spacial score (nSPS) is 24.5. The summed E-state index contributed by atoms with van der Waals surface area (Å²) in [6, 6.07) is -0.0903. The molecule has 0 amide bonds. The fraction of sp³-hybridized carbons (Fsp3) is 1.00. The van der Waals surface area contributed by atoms with E-state index >= 15 is 0 Å². The summed E-state index contributed by atoms with van der Waals surface area (Å²) in [4.78, 5) is 0. The summed E-state index contributed by atoms with van der Waals surface area (Å²) in [5.41, 5.74) is 0. The van der Waals surface area contributed by atoms with Gasteiger partial charge in [-0.15, -0.1) is 0 Å². The fourth-order valence-corrected chi connectivity index (χ4v) is 3.04. The summed E-state index contributed by atoms with van der Waals surface area (Å²) in [6.45, 7) is 0. The Labute approximate surface area is 105 Å². The van der Waals surface area contributed by atoms with Gasteiger partial charge in [-0.1, -0.05) is 6.42 Å². The molecular weight excluding hydrogens is 221 g/mol. The van der Waals surface area contributed by atoms with Crippen LogP contribution in [0.25, 0.3) is 0 Å². The molecule has 1 saturated heterocycles. The molecule has 1 rings (SSSR count). The molecule has 74 valence electrons. The van der Waals surface area contributed by atoms with E-state index in [-0.39, 0.29) is 35.6 Å². The monoisotopic (exact) mass is 235 g/mol. The van der Waals surface area contributed by atoms with Gasteiger partial charge < -0.3 is 0 Å². The number of thioether (sulfide) groups is 1. The molecule has 0 spiro atoms. The van der Waals surface area contributed by atoms with Crippen molar-refractivity contribution in [2.24, 2.45) is 0 Å². The van der Waals surface area contributed by atoms with E-state index in [0.29, 0.717) is 0 Å². The molecule has 1 fully saturated rings. The second kappa shape index (κ2) is 6.66. The molecule has 0 aromatic rings. The molecule has 0 aromatic heterocycles. The Balaban J connectivity index is 0.00000144. The first-order chi connectivity index (χ1) is 5.58. The van der Waals surface area contributed by atoms with Gasteiger partial charge in [0, 0.05) is 11.8 Å². The molecule has 7 heteroatoms. The van der Waals surface area contributed by atoms with Crippen LogP contribution in [0, 0.1) is 0 Å². The fourth-order valence-electron chi connectivity index (χ4n) is 1.21. The molecular formula is C6H14NNaO3S2. The van der Waals surface area contributed by atoms with Crippen LogP contribution in [0.2, 0.25) is 0 Å². The van der Waals surface area contributed by atoms with Gasteiger partial charge in [-0.3, -0.25) is 4.55 Å². The maximum absolute atomic E-state index is 10.4. The van der Waals surface area contributed by atoms with E-state index in [1.165, 1.54) is 0 Å². The van der Waals surface area contributed by atoms with E-state index < -0.39 is 10.3 Å². The zero-order valence-corrected chi connectivity index (χ0v) is 8.33. The average molecular weight is 235 g/mol. The van der Waals surface area contributed by atoms with E-state index in [4.69, 9.17) is 4.55 Å². The molecule has 1 atom stereocenters. The van der Waals surface area contributed by atoms with Gasteiger partial charge in [0.15, 0.2) is 0 Å². The van der Waals surface area contributed by atoms with Crippen molar-refractivity contribution < 1.29 is 13.0 Å². The van der Waals surface area contributed by atoms with Crippen LogP contribution in [0.3, 0.4) is 0 Å². The Bertz CT molecular complexity index is 224. The van der Waals surface area contributed by atoms with Crippen LogP contribution in [0.1, 0.15) is 19.3 Å². The molecule has 0 saturated carbocycles. The summed E-state index contributed by atoms with van der Waals surface area (Å²) >= 11 is 1.73. The standard InChI is InChI=1S/C6H13NO3S2.Na.H/c8-12(9,10)7-6-3-1-2-4-11-5-6;;/h6-7H,1-5H2,(H,8,9,10);;. The van der Waals surface area contributed by atoms with Crippen molar-refractivity contribution in [2.75, 3.05) is 11.5 Å². The second-order valence-electron chi connectivity index (χ2n) is 2.86. The van der Waals surface area contributed by atoms with Crippen molar-refractivity contribution in [2.45, 2.75) is 25.3 Å². The van der Waals surface area contributed by atoms with E-state index in [0.717, 1.165) is 30.8 Å². The van der Waals surface area contributed by atoms with Crippen molar-refractivity contribution in [3.05, 3.63) is 0 Å². The molecule has 0 radical (unpaired) electrons. The van der Waals surface area contributed by atoms with Gasteiger partial charge in [-0.2, -0.15) is 24.9 Å². The van der Waals surface area contributed by atoms with Crippen LogP contribution in [-0.2, 0) is 10.3 Å². The molecule has 0 aromatic carbocycles. The third-order valence-electron chi connectivity index (χ3n) is 1.73. The molecule has 1 unspecified atom stereocenters. The number of rotatable bonds is 2. The van der Waals surface area contributed by atoms with Gasteiger partial charge in [0.2, 0.25) is 0 Å². The summed E-state index contributed by atoms with van der Waals surface area (Å²) < 4.78 is 31.6. The molecule has 13 heavy (non-hydrogen) atoms. The van der Waals surface area contributed by atoms with Gasteiger partial charge in [0.1, 0.15) is 0 Å². The Morgan fingerprint density at radius 1 is 1.38 bits per heavy atom. The first-order valence-corrected chi connectivity index (χ1v) is 6.50. The molecule has 1 heterocycles. The SMILES string of the molecule is O=S(=O)(O)NC1CCCCSC1.[NaH]. The maximum atomic E-state index is 10.4. The minimum atomic E-state index is -4.00. The van der Waals surface area contributed by atoms with Crippen LogP contribution in [-0.4, -0.2) is 60.1 Å². The molecule has 1 aliphatic heterocycles. The van der Waals surface area contributed by atoms with E-state index in [1.807, 2.05) is 0 Å². The van der Waals surface area contributed by atoms with Crippen LogP contribution >= 0.6 is 11.8 Å². The quantitative estimate of drug-likeness (QED) is 0.523. The van der Waals surface area contributed by atoms with Crippen LogP contribution in [0.5, 0.6) is 0 Å². The Hall–Kier alpha value is 1.22. The van der Waals surface area contributed by atoms with E-state index in [1.54, 1.807) is 11.8 Å². The van der Waals surface area contributed by atoms with Gasteiger partial charge >= 0.3 is 39.9 Å². The predicted octanol–water partition coefficient (Wildman–Crippen LogP) is 0.0160. The molecule has 0 bridgehead atoms.